The lowest BCUT2D eigenvalue weighted by molar-refractivity contribution is -0.136. The minimum Gasteiger partial charge on any atom is -0.493 e. The monoisotopic (exact) mass is 554 g/mol. The second-order valence-electron chi connectivity index (χ2n) is 7.62. The van der Waals surface area contributed by atoms with E-state index in [0.29, 0.717) is 43.2 Å². The molecule has 1 aromatic heterocycles. The van der Waals surface area contributed by atoms with Crippen LogP contribution >= 0.6 is 27.3 Å². The molecule has 2 aromatic carbocycles. The lowest BCUT2D eigenvalue weighted by Crippen LogP contribution is -2.39. The molecule has 2 heterocycles. The Labute approximate surface area is 214 Å². The van der Waals surface area contributed by atoms with Crippen molar-refractivity contribution in [2.24, 2.45) is 4.99 Å². The Hall–Kier alpha value is -3.43. The molecule has 0 amide bonds. The smallest absolute Gasteiger partial charge is 0.338 e. The Morgan fingerprint density at radius 2 is 2.00 bits per heavy atom. The summed E-state index contributed by atoms with van der Waals surface area (Å²) in [6, 6.07) is 12.4. The fraction of sp³-hybridized carbons (Fsp3) is 0.192. The number of rotatable bonds is 7. The van der Waals surface area contributed by atoms with E-state index in [9.17, 15) is 9.59 Å². The lowest BCUT2D eigenvalue weighted by atomic mass is 9.96. The third-order valence-electron chi connectivity index (χ3n) is 5.44. The standard InChI is InChI=1S/C26H23BrN2O5S/c1-5-11-34-23-18(27)12-16(13-19(23)32-3)14-20-24(30)29-22(17-9-7-6-8-10-17)21(25(31)33-4)15(2)28-26(29)35-20/h5-10,12-14,22H,1,11H2,2-4H3/b20-14-/t22-/m1/s1. The average molecular weight is 555 g/mol. The zero-order chi connectivity index (χ0) is 25.1. The van der Waals surface area contributed by atoms with Crippen LogP contribution in [0.3, 0.4) is 0 Å². The van der Waals surface area contributed by atoms with Gasteiger partial charge in [-0.2, -0.15) is 0 Å². The Morgan fingerprint density at radius 3 is 2.66 bits per heavy atom. The fourth-order valence-corrected chi connectivity index (χ4v) is 5.52. The van der Waals surface area contributed by atoms with Gasteiger partial charge in [0, 0.05) is 0 Å². The predicted octanol–water partition coefficient (Wildman–Crippen LogP) is 3.74. The molecule has 4 rings (SSSR count). The normalized spacial score (nSPS) is 15.3. The van der Waals surface area contributed by atoms with E-state index in [1.165, 1.54) is 18.4 Å². The van der Waals surface area contributed by atoms with Crippen molar-refractivity contribution in [3.05, 3.63) is 102 Å². The number of carbonyl (C=O) groups excluding carboxylic acids is 1. The van der Waals surface area contributed by atoms with Crippen molar-refractivity contribution in [1.29, 1.82) is 0 Å². The van der Waals surface area contributed by atoms with Gasteiger partial charge in [-0.15, -0.1) is 0 Å². The number of benzene rings is 2. The quantitative estimate of drug-likeness (QED) is 0.328. The van der Waals surface area contributed by atoms with Crippen LogP contribution in [-0.4, -0.2) is 31.4 Å². The Kier molecular flexibility index (Phi) is 7.37. The third-order valence-corrected chi connectivity index (χ3v) is 7.01. The summed E-state index contributed by atoms with van der Waals surface area (Å²) in [6.45, 7) is 5.75. The van der Waals surface area contributed by atoms with Gasteiger partial charge in [-0.05, 0) is 52.2 Å². The van der Waals surface area contributed by atoms with Gasteiger partial charge in [-0.25, -0.2) is 9.79 Å². The molecule has 0 bridgehead atoms. The van der Waals surface area contributed by atoms with Crippen LogP contribution in [0.4, 0.5) is 0 Å². The maximum Gasteiger partial charge on any atom is 0.338 e. The molecule has 0 N–H and O–H groups in total. The highest BCUT2D eigenvalue weighted by Gasteiger charge is 2.32. The highest BCUT2D eigenvalue weighted by molar-refractivity contribution is 9.10. The van der Waals surface area contributed by atoms with E-state index in [2.05, 4.69) is 27.5 Å². The lowest BCUT2D eigenvalue weighted by Gasteiger charge is -2.24. The van der Waals surface area contributed by atoms with Crippen LogP contribution in [0, 0.1) is 0 Å². The van der Waals surface area contributed by atoms with Crippen LogP contribution < -0.4 is 24.4 Å². The molecule has 1 aliphatic heterocycles. The van der Waals surface area contributed by atoms with Crippen LogP contribution in [-0.2, 0) is 9.53 Å². The van der Waals surface area contributed by atoms with Crippen molar-refractivity contribution in [2.75, 3.05) is 20.8 Å². The molecule has 0 radical (unpaired) electrons. The first-order valence-corrected chi connectivity index (χ1v) is 12.3. The van der Waals surface area contributed by atoms with E-state index >= 15 is 0 Å². The van der Waals surface area contributed by atoms with Crippen molar-refractivity contribution < 1.29 is 19.0 Å². The molecule has 0 saturated carbocycles. The minimum atomic E-state index is -0.641. The van der Waals surface area contributed by atoms with Crippen LogP contribution in [0.25, 0.3) is 6.08 Å². The number of esters is 1. The summed E-state index contributed by atoms with van der Waals surface area (Å²) in [7, 11) is 2.88. The van der Waals surface area contributed by atoms with Crippen molar-refractivity contribution in [1.82, 2.24) is 4.57 Å². The summed E-state index contributed by atoms with van der Waals surface area (Å²) in [5.74, 6) is 0.554. The average Bonchev–Trinajstić information content (AvgIpc) is 3.16. The van der Waals surface area contributed by atoms with E-state index < -0.39 is 12.0 Å². The van der Waals surface area contributed by atoms with E-state index in [1.54, 1.807) is 36.8 Å². The molecule has 1 aliphatic rings. The van der Waals surface area contributed by atoms with Gasteiger partial charge in [0.1, 0.15) is 6.61 Å². The third kappa shape index (κ3) is 4.74. The molecule has 3 aromatic rings. The van der Waals surface area contributed by atoms with Gasteiger partial charge >= 0.3 is 5.97 Å². The van der Waals surface area contributed by atoms with Crippen LogP contribution in [0.15, 0.2) is 80.6 Å². The highest BCUT2D eigenvalue weighted by Crippen LogP contribution is 2.37. The molecule has 0 saturated heterocycles. The fourth-order valence-electron chi connectivity index (χ4n) is 3.90. The molecular formula is C26H23BrN2O5S. The summed E-state index contributed by atoms with van der Waals surface area (Å²) < 4.78 is 18.9. The number of halogens is 1. The van der Waals surface area contributed by atoms with E-state index in [-0.39, 0.29) is 5.56 Å². The van der Waals surface area contributed by atoms with Gasteiger partial charge < -0.3 is 14.2 Å². The summed E-state index contributed by atoms with van der Waals surface area (Å²) in [6.07, 6.45) is 3.42. The second-order valence-corrected chi connectivity index (χ2v) is 9.48. The van der Waals surface area contributed by atoms with Gasteiger partial charge in [-0.3, -0.25) is 9.36 Å². The second kappa shape index (κ2) is 10.5. The van der Waals surface area contributed by atoms with Crippen molar-refractivity contribution in [3.8, 4) is 11.5 Å². The molecule has 0 fully saturated rings. The molecule has 0 aliphatic carbocycles. The number of fused-ring (bicyclic) bond motifs is 1. The van der Waals surface area contributed by atoms with Crippen LogP contribution in [0.1, 0.15) is 24.1 Å². The molecule has 180 valence electrons. The predicted molar refractivity (Wildman–Crippen MR) is 139 cm³/mol. The molecule has 35 heavy (non-hydrogen) atoms. The zero-order valence-corrected chi connectivity index (χ0v) is 21.8. The summed E-state index contributed by atoms with van der Waals surface area (Å²) >= 11 is 4.78. The number of carbonyl (C=O) groups is 1. The van der Waals surface area contributed by atoms with Crippen molar-refractivity contribution in [2.45, 2.75) is 13.0 Å². The number of hydrogen-bond acceptors (Lipinski definition) is 7. The number of aromatic nitrogens is 1. The van der Waals surface area contributed by atoms with E-state index in [0.717, 1.165) is 11.1 Å². The largest absolute Gasteiger partial charge is 0.493 e. The van der Waals surface area contributed by atoms with Crippen molar-refractivity contribution in [3.63, 3.8) is 0 Å². The van der Waals surface area contributed by atoms with Crippen LogP contribution in [0.5, 0.6) is 11.5 Å². The SMILES string of the molecule is C=CCOc1c(Br)cc(/C=c2\sc3n(c2=O)[C@H](c2ccccc2)C(C(=O)OC)=C(C)N=3)cc1OC. The number of methoxy groups -OCH3 is 2. The molecule has 9 heteroatoms. The molecule has 0 unspecified atom stereocenters. The first kappa shape index (κ1) is 24.7. The van der Waals surface area contributed by atoms with Gasteiger partial charge in [0.25, 0.3) is 5.56 Å². The van der Waals surface area contributed by atoms with Gasteiger partial charge in [0.15, 0.2) is 16.3 Å². The zero-order valence-electron chi connectivity index (χ0n) is 19.4. The summed E-state index contributed by atoms with van der Waals surface area (Å²) in [4.78, 5) is 31.4. The summed E-state index contributed by atoms with van der Waals surface area (Å²) in [5, 5.41) is 0. The number of allylic oxidation sites excluding steroid dienone is 1. The Bertz CT molecular complexity index is 1500. The maximum absolute atomic E-state index is 13.6. The Morgan fingerprint density at radius 1 is 1.26 bits per heavy atom. The molecule has 7 nitrogen and oxygen atoms in total. The Balaban J connectivity index is 1.90. The first-order valence-electron chi connectivity index (χ1n) is 10.7. The van der Waals surface area contributed by atoms with Gasteiger partial charge in [0.2, 0.25) is 0 Å². The summed E-state index contributed by atoms with van der Waals surface area (Å²) in [5.41, 5.74) is 2.14. The molecule has 1 atom stereocenters. The van der Waals surface area contributed by atoms with Crippen molar-refractivity contribution >= 4 is 39.3 Å². The van der Waals surface area contributed by atoms with Gasteiger partial charge in [0.05, 0.1) is 40.5 Å². The maximum atomic E-state index is 13.6. The first-order chi connectivity index (χ1) is 16.9. The topological polar surface area (TPSA) is 79.1 Å². The molecule has 0 spiro atoms. The van der Waals surface area contributed by atoms with Crippen LogP contribution in [0.2, 0.25) is 0 Å². The minimum absolute atomic E-state index is 0.251. The number of ether oxygens (including phenoxy) is 3. The number of hydrogen-bond donors (Lipinski definition) is 0. The van der Waals surface area contributed by atoms with E-state index in [1.807, 2.05) is 36.4 Å². The van der Waals surface area contributed by atoms with E-state index in [4.69, 9.17) is 14.2 Å². The highest BCUT2D eigenvalue weighted by atomic mass is 79.9. The number of nitrogens with zero attached hydrogens (tertiary/aromatic N) is 2. The molecular weight excluding hydrogens is 532 g/mol. The van der Waals surface area contributed by atoms with Gasteiger partial charge in [-0.1, -0.05) is 54.3 Å². The number of thiazole rings is 1.